The maximum atomic E-state index is 11.7. The Balaban J connectivity index is 0.00000220. The van der Waals surface area contributed by atoms with E-state index in [2.05, 4.69) is 5.32 Å². The second-order valence-corrected chi connectivity index (χ2v) is 5.53. The van der Waals surface area contributed by atoms with Gasteiger partial charge in [0, 0.05) is 17.5 Å². The summed E-state index contributed by atoms with van der Waals surface area (Å²) in [6.45, 7) is 4.13. The van der Waals surface area contributed by atoms with Gasteiger partial charge in [-0.05, 0) is 25.3 Å². The second-order valence-electron chi connectivity index (χ2n) is 5.53. The van der Waals surface area contributed by atoms with E-state index in [1.54, 1.807) is 0 Å². The molecular weight excluding hydrogens is 288 g/mol. The van der Waals surface area contributed by atoms with Crippen molar-refractivity contribution in [2.75, 3.05) is 13.2 Å². The lowest BCUT2D eigenvalue weighted by atomic mass is 10.1. The number of nitrogens with one attached hydrogen (secondary N) is 1. The summed E-state index contributed by atoms with van der Waals surface area (Å²) in [6.07, 6.45) is 0. The summed E-state index contributed by atoms with van der Waals surface area (Å²) in [5, 5.41) is 4.84. The minimum Gasteiger partial charge on any atom is -0.483 e. The van der Waals surface area contributed by atoms with E-state index in [-0.39, 0.29) is 24.9 Å². The molecule has 0 aliphatic carbocycles. The Morgan fingerprint density at radius 3 is 2.57 bits per heavy atom. The number of benzene rings is 2. The summed E-state index contributed by atoms with van der Waals surface area (Å²) in [7, 11) is 0. The highest BCUT2D eigenvalue weighted by molar-refractivity contribution is 5.88. The number of fused-ring (bicyclic) bond motifs is 1. The minimum atomic E-state index is -0.422. The molecule has 0 atom stereocenters. The van der Waals surface area contributed by atoms with Crippen molar-refractivity contribution in [3.63, 3.8) is 0 Å². The van der Waals surface area contributed by atoms with Gasteiger partial charge in [-0.3, -0.25) is 4.79 Å². The fourth-order valence-corrected chi connectivity index (χ4v) is 1.84. The molecule has 114 valence electrons. The Kier molecular flexibility index (Phi) is 6.00. The third kappa shape index (κ3) is 5.25. The number of ether oxygens (including phenoxy) is 1. The number of hydrogen-bond acceptors (Lipinski definition) is 3. The van der Waals surface area contributed by atoms with E-state index in [4.69, 9.17) is 10.5 Å². The normalized spacial score (nSPS) is 10.8. The van der Waals surface area contributed by atoms with Crippen molar-refractivity contribution in [1.82, 2.24) is 5.32 Å². The molecule has 0 bridgehead atoms. The van der Waals surface area contributed by atoms with Crippen LogP contribution >= 0.6 is 12.4 Å². The van der Waals surface area contributed by atoms with Crippen LogP contribution in [0.25, 0.3) is 10.8 Å². The van der Waals surface area contributed by atoms with E-state index in [1.165, 1.54) is 0 Å². The molecular formula is C16H21ClN2O2. The van der Waals surface area contributed by atoms with Crippen LogP contribution in [-0.4, -0.2) is 24.6 Å². The van der Waals surface area contributed by atoms with Crippen LogP contribution in [0.15, 0.2) is 42.5 Å². The Labute approximate surface area is 131 Å². The predicted octanol–water partition coefficient (Wildman–Crippen LogP) is 2.49. The minimum absolute atomic E-state index is 0. The standard InChI is InChI=1S/C16H20N2O2.ClH/c1-16(2,17)11-18-15(19)10-20-14-9-5-7-12-6-3-4-8-13(12)14;/h3-9H,10-11,17H2,1-2H3,(H,18,19);1H. The number of rotatable bonds is 5. The maximum Gasteiger partial charge on any atom is 0.258 e. The van der Waals surface area contributed by atoms with E-state index in [0.29, 0.717) is 12.3 Å². The second kappa shape index (κ2) is 7.29. The fourth-order valence-electron chi connectivity index (χ4n) is 1.84. The highest BCUT2D eigenvalue weighted by Crippen LogP contribution is 2.24. The summed E-state index contributed by atoms with van der Waals surface area (Å²) in [5.41, 5.74) is 5.39. The average molecular weight is 309 g/mol. The first-order valence-corrected chi connectivity index (χ1v) is 6.62. The van der Waals surface area contributed by atoms with Gasteiger partial charge in [-0.25, -0.2) is 0 Å². The molecule has 0 spiro atoms. The number of nitrogens with two attached hydrogens (primary N) is 1. The summed E-state index contributed by atoms with van der Waals surface area (Å²) in [5.74, 6) is 0.543. The Hall–Kier alpha value is -1.78. The molecule has 2 aromatic rings. The monoisotopic (exact) mass is 308 g/mol. The molecule has 0 aromatic heterocycles. The van der Waals surface area contributed by atoms with E-state index >= 15 is 0 Å². The van der Waals surface area contributed by atoms with Crippen LogP contribution < -0.4 is 15.8 Å². The third-order valence-corrected chi connectivity index (χ3v) is 2.85. The van der Waals surface area contributed by atoms with Crippen molar-refractivity contribution in [2.24, 2.45) is 5.73 Å². The molecule has 0 aliphatic rings. The molecule has 5 heteroatoms. The molecule has 0 aliphatic heterocycles. The quantitative estimate of drug-likeness (QED) is 0.892. The Bertz CT molecular complexity index is 603. The van der Waals surface area contributed by atoms with Gasteiger partial charge in [0.2, 0.25) is 0 Å². The van der Waals surface area contributed by atoms with Gasteiger partial charge in [0.05, 0.1) is 0 Å². The number of amides is 1. The topological polar surface area (TPSA) is 64.3 Å². The van der Waals surface area contributed by atoms with Crippen LogP contribution in [0.1, 0.15) is 13.8 Å². The molecule has 4 nitrogen and oxygen atoms in total. The van der Waals surface area contributed by atoms with E-state index in [0.717, 1.165) is 10.8 Å². The highest BCUT2D eigenvalue weighted by Gasteiger charge is 2.12. The number of hydrogen-bond donors (Lipinski definition) is 2. The Morgan fingerprint density at radius 2 is 1.86 bits per heavy atom. The van der Waals surface area contributed by atoms with Gasteiger partial charge in [-0.2, -0.15) is 0 Å². The zero-order valence-corrected chi connectivity index (χ0v) is 13.1. The highest BCUT2D eigenvalue weighted by atomic mass is 35.5. The Morgan fingerprint density at radius 1 is 1.19 bits per heavy atom. The van der Waals surface area contributed by atoms with Crippen LogP contribution in [0.2, 0.25) is 0 Å². The van der Waals surface area contributed by atoms with E-state index in [1.807, 2.05) is 56.3 Å². The molecule has 0 fully saturated rings. The largest absolute Gasteiger partial charge is 0.483 e. The zero-order chi connectivity index (χ0) is 14.6. The van der Waals surface area contributed by atoms with Crippen LogP contribution in [0.3, 0.4) is 0 Å². The van der Waals surface area contributed by atoms with Gasteiger partial charge in [0.15, 0.2) is 6.61 Å². The first-order chi connectivity index (χ1) is 9.46. The smallest absolute Gasteiger partial charge is 0.258 e. The summed E-state index contributed by atoms with van der Waals surface area (Å²) < 4.78 is 5.59. The van der Waals surface area contributed by atoms with Gasteiger partial charge in [-0.15, -0.1) is 12.4 Å². The number of halogens is 1. The molecule has 2 aromatic carbocycles. The molecule has 0 saturated carbocycles. The molecule has 0 saturated heterocycles. The van der Waals surface area contributed by atoms with Crippen LogP contribution in [0.4, 0.5) is 0 Å². The van der Waals surface area contributed by atoms with Crippen LogP contribution in [-0.2, 0) is 4.79 Å². The van der Waals surface area contributed by atoms with Crippen molar-refractivity contribution in [2.45, 2.75) is 19.4 Å². The summed E-state index contributed by atoms with van der Waals surface area (Å²) >= 11 is 0. The van der Waals surface area contributed by atoms with Crippen LogP contribution in [0, 0.1) is 0 Å². The van der Waals surface area contributed by atoms with Crippen molar-refractivity contribution >= 4 is 29.1 Å². The van der Waals surface area contributed by atoms with Gasteiger partial charge < -0.3 is 15.8 Å². The van der Waals surface area contributed by atoms with E-state index in [9.17, 15) is 4.79 Å². The SMILES string of the molecule is CC(C)(N)CNC(=O)COc1cccc2ccccc12.Cl. The lowest BCUT2D eigenvalue weighted by Crippen LogP contribution is -2.46. The number of carbonyl (C=O) groups excluding carboxylic acids is 1. The molecule has 0 heterocycles. The third-order valence-electron chi connectivity index (χ3n) is 2.85. The number of carbonyl (C=O) groups is 1. The van der Waals surface area contributed by atoms with Gasteiger partial charge >= 0.3 is 0 Å². The lowest BCUT2D eigenvalue weighted by molar-refractivity contribution is -0.123. The van der Waals surface area contributed by atoms with Gasteiger partial charge in [0.1, 0.15) is 5.75 Å². The molecule has 1 amide bonds. The summed E-state index contributed by atoms with van der Waals surface area (Å²) in [4.78, 5) is 11.7. The van der Waals surface area contributed by atoms with Crippen LogP contribution in [0.5, 0.6) is 5.75 Å². The van der Waals surface area contributed by atoms with Gasteiger partial charge in [-0.1, -0.05) is 36.4 Å². The average Bonchev–Trinajstić information content (AvgIpc) is 2.42. The van der Waals surface area contributed by atoms with Crippen molar-refractivity contribution in [3.05, 3.63) is 42.5 Å². The molecule has 21 heavy (non-hydrogen) atoms. The lowest BCUT2D eigenvalue weighted by Gasteiger charge is -2.19. The van der Waals surface area contributed by atoms with E-state index < -0.39 is 5.54 Å². The first kappa shape index (κ1) is 17.3. The predicted molar refractivity (Wildman–Crippen MR) is 88.0 cm³/mol. The van der Waals surface area contributed by atoms with Crippen molar-refractivity contribution < 1.29 is 9.53 Å². The summed E-state index contributed by atoms with van der Waals surface area (Å²) in [6, 6.07) is 13.7. The molecule has 0 radical (unpaired) electrons. The molecule has 3 N–H and O–H groups in total. The fraction of sp³-hybridized carbons (Fsp3) is 0.312. The zero-order valence-electron chi connectivity index (χ0n) is 12.3. The molecule has 0 unspecified atom stereocenters. The maximum absolute atomic E-state index is 11.7. The molecule has 2 rings (SSSR count). The van der Waals surface area contributed by atoms with Gasteiger partial charge in [0.25, 0.3) is 5.91 Å². The first-order valence-electron chi connectivity index (χ1n) is 6.62. The van der Waals surface area contributed by atoms with Crippen molar-refractivity contribution in [3.8, 4) is 5.75 Å². The van der Waals surface area contributed by atoms with Crippen molar-refractivity contribution in [1.29, 1.82) is 0 Å².